The monoisotopic (exact) mass is 394 g/mol. The molecule has 0 bridgehead atoms. The van der Waals surface area contributed by atoms with E-state index in [0.29, 0.717) is 6.54 Å². The number of hydrogen-bond donors (Lipinski definition) is 0. The van der Waals surface area contributed by atoms with E-state index in [1.165, 1.54) is 11.8 Å². The van der Waals surface area contributed by atoms with Gasteiger partial charge in [-0.25, -0.2) is 8.42 Å². The number of sulfone groups is 1. The molecule has 1 aromatic carbocycles. The van der Waals surface area contributed by atoms with Gasteiger partial charge < -0.3 is 0 Å². The van der Waals surface area contributed by atoms with Gasteiger partial charge in [0.1, 0.15) is 9.84 Å². The molecule has 0 unspecified atom stereocenters. The van der Waals surface area contributed by atoms with Crippen molar-refractivity contribution in [3.8, 4) is 0 Å². The second-order valence-corrected chi connectivity index (χ2v) is 9.03. The Morgan fingerprint density at radius 2 is 1.81 bits per heavy atom. The van der Waals surface area contributed by atoms with Crippen LogP contribution in [0.1, 0.15) is 5.56 Å². The summed E-state index contributed by atoms with van der Waals surface area (Å²) in [6.45, 7) is 5.27. The molecule has 0 atom stereocenters. The molecule has 0 N–H and O–H groups in total. The lowest BCUT2D eigenvalue weighted by atomic mass is 10.2. The van der Waals surface area contributed by atoms with Crippen LogP contribution >= 0.6 is 27.5 Å². The molecule has 1 fully saturated rings. The summed E-state index contributed by atoms with van der Waals surface area (Å²) in [7, 11) is -2.87. The molecule has 0 aliphatic carbocycles. The topological polar surface area (TPSA) is 40.6 Å². The molecule has 0 radical (unpaired) electrons. The number of rotatable bonds is 5. The normalized spacial score (nSPS) is 18.0. The molecule has 1 aliphatic rings. The quantitative estimate of drug-likeness (QED) is 0.767. The molecule has 1 saturated heterocycles. The second-order valence-electron chi connectivity index (χ2n) is 5.48. The summed E-state index contributed by atoms with van der Waals surface area (Å²) in [6, 6.07) is 5.87. The minimum Gasteiger partial charge on any atom is -0.300 e. The molecular formula is C14H20BrClN2O2S. The van der Waals surface area contributed by atoms with Gasteiger partial charge in [0.25, 0.3) is 0 Å². The van der Waals surface area contributed by atoms with Crippen molar-refractivity contribution in [1.82, 2.24) is 9.80 Å². The molecule has 1 heterocycles. The molecule has 21 heavy (non-hydrogen) atoms. The largest absolute Gasteiger partial charge is 0.300 e. The summed E-state index contributed by atoms with van der Waals surface area (Å²) >= 11 is 9.50. The third kappa shape index (κ3) is 5.87. The molecule has 1 aliphatic heterocycles. The summed E-state index contributed by atoms with van der Waals surface area (Å²) in [4.78, 5) is 4.60. The SMILES string of the molecule is CS(=O)(=O)CCN1CCN(Cc2ccc(Cl)cc2Br)CC1. The van der Waals surface area contributed by atoms with Crippen LogP contribution in [0.4, 0.5) is 0 Å². The van der Waals surface area contributed by atoms with Crippen molar-refractivity contribution in [2.24, 2.45) is 0 Å². The molecule has 7 heteroatoms. The maximum Gasteiger partial charge on any atom is 0.148 e. The molecule has 118 valence electrons. The fraction of sp³-hybridized carbons (Fsp3) is 0.571. The van der Waals surface area contributed by atoms with Crippen molar-refractivity contribution >= 4 is 37.4 Å². The van der Waals surface area contributed by atoms with E-state index in [-0.39, 0.29) is 5.75 Å². The zero-order chi connectivity index (χ0) is 15.5. The fourth-order valence-corrected chi connectivity index (χ4v) is 3.75. The van der Waals surface area contributed by atoms with Crippen LogP contribution in [0.25, 0.3) is 0 Å². The minimum absolute atomic E-state index is 0.246. The van der Waals surface area contributed by atoms with E-state index in [9.17, 15) is 8.42 Å². The number of hydrogen-bond acceptors (Lipinski definition) is 4. The molecule has 0 spiro atoms. The van der Waals surface area contributed by atoms with E-state index in [1.54, 1.807) is 0 Å². The summed E-state index contributed by atoms with van der Waals surface area (Å²) < 4.78 is 23.4. The summed E-state index contributed by atoms with van der Waals surface area (Å²) in [5, 5.41) is 0.733. The van der Waals surface area contributed by atoms with E-state index in [4.69, 9.17) is 11.6 Å². The number of halogens is 2. The average molecular weight is 396 g/mol. The first-order valence-corrected chi connectivity index (χ1v) is 10.1. The van der Waals surface area contributed by atoms with Gasteiger partial charge in [-0.3, -0.25) is 9.80 Å². The van der Waals surface area contributed by atoms with Crippen LogP contribution in [0.3, 0.4) is 0 Å². The van der Waals surface area contributed by atoms with Crippen LogP contribution in [0, 0.1) is 0 Å². The smallest absolute Gasteiger partial charge is 0.148 e. The van der Waals surface area contributed by atoms with E-state index < -0.39 is 9.84 Å². The van der Waals surface area contributed by atoms with Gasteiger partial charge in [-0.15, -0.1) is 0 Å². The van der Waals surface area contributed by atoms with Crippen LogP contribution in [0.2, 0.25) is 5.02 Å². The van der Waals surface area contributed by atoms with Crippen LogP contribution in [-0.2, 0) is 16.4 Å². The zero-order valence-electron chi connectivity index (χ0n) is 12.1. The van der Waals surface area contributed by atoms with Crippen molar-refractivity contribution in [2.75, 3.05) is 44.7 Å². The van der Waals surface area contributed by atoms with Crippen LogP contribution in [-0.4, -0.2) is 63.0 Å². The Labute approximate surface area is 140 Å². The number of benzene rings is 1. The molecule has 0 saturated carbocycles. The van der Waals surface area contributed by atoms with Crippen LogP contribution < -0.4 is 0 Å². The van der Waals surface area contributed by atoms with Crippen molar-refractivity contribution in [1.29, 1.82) is 0 Å². The molecule has 0 amide bonds. The molecule has 4 nitrogen and oxygen atoms in total. The standard InChI is InChI=1S/C14H20BrClN2O2S/c1-21(19,20)9-8-17-4-6-18(7-5-17)11-12-2-3-13(16)10-14(12)15/h2-3,10H,4-9,11H2,1H3. The van der Waals surface area contributed by atoms with E-state index in [1.807, 2.05) is 18.2 Å². The molecule has 2 rings (SSSR count). The van der Waals surface area contributed by atoms with Gasteiger partial charge in [0, 0.05) is 55.0 Å². The lowest BCUT2D eigenvalue weighted by molar-refractivity contribution is 0.132. The number of piperazine rings is 1. The first kappa shape index (κ1) is 17.2. The summed E-state index contributed by atoms with van der Waals surface area (Å²) in [5.74, 6) is 0.246. The van der Waals surface area contributed by atoms with Gasteiger partial charge in [0.05, 0.1) is 5.75 Å². The predicted octanol–water partition coefficient (Wildman–Crippen LogP) is 2.26. The third-order valence-corrected chi connectivity index (χ3v) is 5.55. The number of nitrogens with zero attached hydrogens (tertiary/aromatic N) is 2. The summed E-state index contributed by atoms with van der Waals surface area (Å²) in [5.41, 5.74) is 1.23. The van der Waals surface area contributed by atoms with Crippen LogP contribution in [0.15, 0.2) is 22.7 Å². The minimum atomic E-state index is -2.87. The average Bonchev–Trinajstić information content (AvgIpc) is 2.40. The van der Waals surface area contributed by atoms with Gasteiger partial charge in [-0.1, -0.05) is 33.6 Å². The fourth-order valence-electron chi connectivity index (χ4n) is 2.36. The van der Waals surface area contributed by atoms with Gasteiger partial charge in [-0.05, 0) is 17.7 Å². The van der Waals surface area contributed by atoms with Gasteiger partial charge >= 0.3 is 0 Å². The first-order chi connectivity index (χ1) is 9.83. The highest BCUT2D eigenvalue weighted by Gasteiger charge is 2.18. The van der Waals surface area contributed by atoms with Crippen molar-refractivity contribution < 1.29 is 8.42 Å². The Hall–Kier alpha value is -0.140. The lowest BCUT2D eigenvalue weighted by Crippen LogP contribution is -2.47. The molecule has 1 aromatic rings. The maximum atomic E-state index is 11.2. The zero-order valence-corrected chi connectivity index (χ0v) is 15.2. The van der Waals surface area contributed by atoms with Crippen molar-refractivity contribution in [3.63, 3.8) is 0 Å². The van der Waals surface area contributed by atoms with Gasteiger partial charge in [-0.2, -0.15) is 0 Å². The Morgan fingerprint density at radius 1 is 1.19 bits per heavy atom. The van der Waals surface area contributed by atoms with E-state index in [0.717, 1.165) is 42.2 Å². The van der Waals surface area contributed by atoms with E-state index in [2.05, 4.69) is 25.7 Å². The van der Waals surface area contributed by atoms with Crippen molar-refractivity contribution in [2.45, 2.75) is 6.54 Å². The highest BCUT2D eigenvalue weighted by molar-refractivity contribution is 9.10. The van der Waals surface area contributed by atoms with Crippen molar-refractivity contribution in [3.05, 3.63) is 33.3 Å². The third-order valence-electron chi connectivity index (χ3n) is 3.65. The van der Waals surface area contributed by atoms with Gasteiger partial charge in [0.2, 0.25) is 0 Å². The highest BCUT2D eigenvalue weighted by Crippen LogP contribution is 2.23. The van der Waals surface area contributed by atoms with E-state index >= 15 is 0 Å². The lowest BCUT2D eigenvalue weighted by Gasteiger charge is -2.34. The van der Waals surface area contributed by atoms with Gasteiger partial charge in [0.15, 0.2) is 0 Å². The summed E-state index contributed by atoms with van der Waals surface area (Å²) in [6.07, 6.45) is 1.29. The van der Waals surface area contributed by atoms with Crippen LogP contribution in [0.5, 0.6) is 0 Å². The Bertz CT molecular complexity index is 587. The molecular weight excluding hydrogens is 376 g/mol. The molecule has 0 aromatic heterocycles. The highest BCUT2D eigenvalue weighted by atomic mass is 79.9. The first-order valence-electron chi connectivity index (χ1n) is 6.90. The Kier molecular flexibility index (Phi) is 6.08. The predicted molar refractivity (Wildman–Crippen MR) is 90.6 cm³/mol. The maximum absolute atomic E-state index is 11.2. The Morgan fingerprint density at radius 3 is 2.38 bits per heavy atom. The Balaban J connectivity index is 1.81. The second kappa shape index (κ2) is 7.42.